The van der Waals surface area contributed by atoms with Gasteiger partial charge in [0.1, 0.15) is 0 Å². The summed E-state index contributed by atoms with van der Waals surface area (Å²) in [4.78, 5) is 30.7. The van der Waals surface area contributed by atoms with Crippen molar-refractivity contribution < 1.29 is 45.0 Å². The number of rotatable bonds is 45. The van der Waals surface area contributed by atoms with Gasteiger partial charge in [0.15, 0.2) is 0 Å². The zero-order valence-corrected chi connectivity index (χ0v) is 45.0. The van der Waals surface area contributed by atoms with E-state index >= 15 is 0 Å². The maximum atomic E-state index is 10.2. The molecule has 374 valence electrons. The van der Waals surface area contributed by atoms with E-state index in [-0.39, 0.29) is 63.8 Å². The summed E-state index contributed by atoms with van der Waals surface area (Å²) in [5.41, 5.74) is 0. The monoisotopic (exact) mass is 1100 g/mol. The first-order valence-corrected chi connectivity index (χ1v) is 26.1. The summed E-state index contributed by atoms with van der Waals surface area (Å²) in [7, 11) is 0. The molecule has 0 bridgehead atoms. The Morgan fingerprint density at radius 3 is 0.797 bits per heavy atom. The summed E-state index contributed by atoms with van der Waals surface area (Å²) in [5, 5.41) is 60.0. The van der Waals surface area contributed by atoms with Crippen LogP contribution in [0.1, 0.15) is 271 Å². The minimum absolute atomic E-state index is 0. The minimum Gasteiger partial charge on any atom is -0.550 e. The topological polar surface area (TPSA) is 181 Å². The van der Waals surface area contributed by atoms with E-state index in [1.807, 2.05) is 0 Å². The van der Waals surface area contributed by atoms with Gasteiger partial charge in [0.25, 0.3) is 0 Å². The fourth-order valence-electron chi connectivity index (χ4n) is 7.07. The molecule has 9 nitrogen and oxygen atoms in total. The number of aliphatic hydroxyl groups is 3. The molecule has 3 N–H and O–H groups in total. The van der Waals surface area contributed by atoms with Gasteiger partial charge in [-0.2, -0.15) is 0 Å². The van der Waals surface area contributed by atoms with Gasteiger partial charge < -0.3 is 45.0 Å². The van der Waals surface area contributed by atoms with Crippen molar-refractivity contribution in [2.75, 3.05) is 0 Å². The van der Waals surface area contributed by atoms with Crippen molar-refractivity contribution in [3.63, 3.8) is 0 Å². The fourth-order valence-corrected chi connectivity index (χ4v) is 7.07. The Morgan fingerprint density at radius 2 is 0.562 bits per heavy atom. The van der Waals surface area contributed by atoms with Crippen LogP contribution in [0, 0.1) is 0 Å². The molecular weight excluding hydrogens is 1000 g/mol. The van der Waals surface area contributed by atoms with E-state index < -0.39 is 17.9 Å². The third-order valence-corrected chi connectivity index (χ3v) is 11.2. The zero-order valence-electron chi connectivity index (χ0n) is 41.5. The van der Waals surface area contributed by atoms with Gasteiger partial charge in [0.2, 0.25) is 0 Å². The van der Waals surface area contributed by atoms with E-state index in [1.165, 1.54) is 57.8 Å². The predicted molar refractivity (Wildman–Crippen MR) is 263 cm³/mol. The molecule has 0 aromatic rings. The van der Waals surface area contributed by atoms with Gasteiger partial charge in [0, 0.05) is 17.9 Å². The van der Waals surface area contributed by atoms with E-state index in [0.717, 1.165) is 173 Å². The van der Waals surface area contributed by atoms with E-state index in [1.54, 1.807) is 0 Å². The standard InChI is InChI=1S/3C18H34O3.Bi/c3*1-2-3-4-11-14-17(19)15-12-9-7-5-6-8-10-13-16-18(20)21;/h3*9,12,17,19H,2-8,10-11,13-16H2,1H3,(H,20,21);/q;;;+3/p-3/b3*12-9-;/t3*17-;/m111./s1. The minimum atomic E-state index is -0.939. The average Bonchev–Trinajstić information content (AvgIpc) is 3.24. The second-order valence-electron chi connectivity index (χ2n) is 17.7. The second kappa shape index (κ2) is 59.4. The molecule has 0 heterocycles. The molecule has 0 aromatic heterocycles. The number of aliphatic hydroxyl groups excluding tert-OH is 3. The van der Waals surface area contributed by atoms with Crippen LogP contribution in [0.4, 0.5) is 0 Å². The van der Waals surface area contributed by atoms with E-state index in [9.17, 15) is 45.0 Å². The first-order chi connectivity index (χ1) is 30.5. The Balaban J connectivity index is -0.000000419. The normalized spacial score (nSPS) is 12.7. The maximum Gasteiger partial charge on any atom is 3.00 e. The third-order valence-electron chi connectivity index (χ3n) is 11.2. The zero-order chi connectivity index (χ0) is 47.3. The second-order valence-corrected chi connectivity index (χ2v) is 17.7. The first-order valence-electron chi connectivity index (χ1n) is 26.1. The smallest absolute Gasteiger partial charge is 0.550 e. The van der Waals surface area contributed by atoms with Gasteiger partial charge >= 0.3 is 26.2 Å². The van der Waals surface area contributed by atoms with Crippen molar-refractivity contribution >= 4 is 44.1 Å². The van der Waals surface area contributed by atoms with Crippen LogP contribution in [-0.4, -0.2) is 77.7 Å². The Hall–Kier alpha value is -1.61. The van der Waals surface area contributed by atoms with Gasteiger partial charge in [-0.05, 0) is 116 Å². The summed E-state index contributed by atoms with van der Waals surface area (Å²) >= 11 is 0. The maximum absolute atomic E-state index is 10.2. The SMILES string of the molecule is CCCCCC[C@@H](O)C/C=C\CCCCCCCC(=O)[O-].CCCCCC[C@@H](O)C/C=C\CCCCCCCC(=O)[O-].CCCCCC[C@@H](O)C/C=C\CCCCCCCC(=O)[O-].[Bi+3]. The number of hydrogen-bond acceptors (Lipinski definition) is 9. The Bertz CT molecular complexity index is 919. The van der Waals surface area contributed by atoms with Crippen molar-refractivity contribution in [3.05, 3.63) is 36.5 Å². The van der Waals surface area contributed by atoms with Crippen LogP contribution in [-0.2, 0) is 14.4 Å². The Kier molecular flexibility index (Phi) is 64.0. The van der Waals surface area contributed by atoms with Crippen molar-refractivity contribution in [2.24, 2.45) is 0 Å². The average molecular weight is 1100 g/mol. The van der Waals surface area contributed by atoms with E-state index in [2.05, 4.69) is 57.2 Å². The number of carboxylic acids is 3. The van der Waals surface area contributed by atoms with E-state index in [0.29, 0.717) is 0 Å². The molecule has 2 radical (unpaired) electrons. The predicted octanol–water partition coefficient (Wildman–Crippen LogP) is 10.9. The largest absolute Gasteiger partial charge is 3.00 e. The number of hydrogen-bond donors (Lipinski definition) is 3. The van der Waals surface area contributed by atoms with Crippen LogP contribution in [0.2, 0.25) is 0 Å². The molecule has 0 aromatic carbocycles. The molecule has 0 amide bonds. The molecule has 0 saturated carbocycles. The van der Waals surface area contributed by atoms with Gasteiger partial charge in [-0.1, -0.05) is 192 Å². The summed E-state index contributed by atoms with van der Waals surface area (Å²) in [5.74, 6) is -2.82. The summed E-state index contributed by atoms with van der Waals surface area (Å²) in [6.07, 6.45) is 51.0. The molecule has 0 fully saturated rings. The molecule has 64 heavy (non-hydrogen) atoms. The third kappa shape index (κ3) is 69.4. The molecule has 10 heteroatoms. The number of allylic oxidation sites excluding steroid dienone is 3. The van der Waals surface area contributed by atoms with Crippen molar-refractivity contribution in [3.8, 4) is 0 Å². The molecular formula is C54H99BiO9. The van der Waals surface area contributed by atoms with Gasteiger partial charge in [-0.3, -0.25) is 0 Å². The molecule has 0 spiro atoms. The van der Waals surface area contributed by atoms with Crippen LogP contribution in [0.15, 0.2) is 36.5 Å². The number of carbonyl (C=O) groups is 3. The summed E-state index contributed by atoms with van der Waals surface area (Å²) in [6.45, 7) is 6.59. The van der Waals surface area contributed by atoms with Gasteiger partial charge in [-0.15, -0.1) is 0 Å². The van der Waals surface area contributed by atoms with Gasteiger partial charge in [0.05, 0.1) is 18.3 Å². The van der Waals surface area contributed by atoms with E-state index in [4.69, 9.17) is 0 Å². The fraction of sp³-hybridized carbons (Fsp3) is 0.833. The molecule has 0 rings (SSSR count). The first kappa shape index (κ1) is 69.0. The van der Waals surface area contributed by atoms with Crippen LogP contribution in [0.3, 0.4) is 0 Å². The number of carbonyl (C=O) groups excluding carboxylic acids is 3. The Morgan fingerprint density at radius 1 is 0.344 bits per heavy atom. The molecule has 3 atom stereocenters. The number of carboxylic acid groups (broad SMARTS) is 3. The van der Waals surface area contributed by atoms with Crippen LogP contribution in [0.25, 0.3) is 0 Å². The molecule has 0 unspecified atom stereocenters. The van der Waals surface area contributed by atoms with Crippen LogP contribution < -0.4 is 15.3 Å². The number of unbranched alkanes of at least 4 members (excludes halogenated alkanes) is 24. The summed E-state index contributed by atoms with van der Waals surface area (Å²) in [6, 6.07) is 0. The summed E-state index contributed by atoms with van der Waals surface area (Å²) < 4.78 is 0. The molecule has 0 aliphatic rings. The quantitative estimate of drug-likeness (QED) is 0.0304. The van der Waals surface area contributed by atoms with Gasteiger partial charge in [-0.25, -0.2) is 0 Å². The van der Waals surface area contributed by atoms with Crippen LogP contribution >= 0.6 is 0 Å². The molecule has 0 aliphatic carbocycles. The van der Waals surface area contributed by atoms with Crippen molar-refractivity contribution in [1.82, 2.24) is 0 Å². The Labute approximate surface area is 413 Å². The number of aliphatic carboxylic acids is 3. The van der Waals surface area contributed by atoms with Crippen LogP contribution in [0.5, 0.6) is 0 Å². The van der Waals surface area contributed by atoms with Crippen molar-refractivity contribution in [1.29, 1.82) is 0 Å². The molecule has 0 saturated heterocycles. The molecule has 0 aliphatic heterocycles. The van der Waals surface area contributed by atoms with Crippen molar-refractivity contribution in [2.45, 2.75) is 289 Å².